The Kier molecular flexibility index (Phi) is 3.74. The fraction of sp³-hybridized carbons (Fsp3) is 0.429. The molecule has 0 bridgehead atoms. The lowest BCUT2D eigenvalue weighted by Gasteiger charge is -2.32. The van der Waals surface area contributed by atoms with Crippen LogP contribution in [0.4, 0.5) is 5.69 Å². The number of amides is 1. The van der Waals surface area contributed by atoms with Crippen molar-refractivity contribution in [2.45, 2.75) is 19.8 Å². The topological polar surface area (TPSA) is 83.6 Å². The second kappa shape index (κ2) is 5.30. The summed E-state index contributed by atoms with van der Waals surface area (Å²) in [7, 11) is 0. The van der Waals surface area contributed by atoms with Gasteiger partial charge in [0, 0.05) is 18.8 Å². The molecule has 1 aromatic carbocycles. The average Bonchev–Trinajstić information content (AvgIpc) is 2.38. The highest BCUT2D eigenvalue weighted by molar-refractivity contribution is 5.88. The Morgan fingerprint density at radius 1 is 1.47 bits per heavy atom. The number of nitrogens with zero attached hydrogens (tertiary/aromatic N) is 1. The SMILES string of the molecule is CC(CN1CCCc2cc(C(=O)O)ccc21)C(N)=O. The van der Waals surface area contributed by atoms with E-state index in [2.05, 4.69) is 4.90 Å². The van der Waals surface area contributed by atoms with Crippen LogP contribution in [0.5, 0.6) is 0 Å². The van der Waals surface area contributed by atoms with Crippen LogP contribution in [0.25, 0.3) is 0 Å². The van der Waals surface area contributed by atoms with Crippen LogP contribution in [0.15, 0.2) is 18.2 Å². The number of hydrogen-bond donors (Lipinski definition) is 2. The summed E-state index contributed by atoms with van der Waals surface area (Å²) in [5, 5.41) is 9.00. The molecular formula is C14H18N2O3. The van der Waals surface area contributed by atoms with Crippen LogP contribution < -0.4 is 10.6 Å². The predicted molar refractivity (Wildman–Crippen MR) is 72.3 cm³/mol. The lowest BCUT2D eigenvalue weighted by Crippen LogP contribution is -2.37. The molecular weight excluding hydrogens is 244 g/mol. The summed E-state index contributed by atoms with van der Waals surface area (Å²) in [6.07, 6.45) is 1.83. The van der Waals surface area contributed by atoms with E-state index in [0.717, 1.165) is 30.6 Å². The number of primary amides is 1. The molecule has 0 radical (unpaired) electrons. The molecule has 1 atom stereocenters. The molecule has 102 valence electrons. The normalized spacial score (nSPS) is 15.7. The minimum absolute atomic E-state index is 0.217. The van der Waals surface area contributed by atoms with Gasteiger partial charge in [-0.2, -0.15) is 0 Å². The van der Waals surface area contributed by atoms with Crippen LogP contribution in [0, 0.1) is 5.92 Å². The summed E-state index contributed by atoms with van der Waals surface area (Å²) in [6, 6.07) is 5.15. The Labute approximate surface area is 112 Å². The summed E-state index contributed by atoms with van der Waals surface area (Å²) in [4.78, 5) is 24.2. The quantitative estimate of drug-likeness (QED) is 0.855. The van der Waals surface area contributed by atoms with E-state index in [1.165, 1.54) is 0 Å². The Morgan fingerprint density at radius 2 is 2.21 bits per heavy atom. The first-order valence-electron chi connectivity index (χ1n) is 6.39. The molecule has 1 unspecified atom stereocenters. The van der Waals surface area contributed by atoms with Crippen LogP contribution in [0.3, 0.4) is 0 Å². The number of carbonyl (C=O) groups excluding carboxylic acids is 1. The van der Waals surface area contributed by atoms with Gasteiger partial charge in [-0.25, -0.2) is 4.79 Å². The molecule has 0 aliphatic carbocycles. The van der Waals surface area contributed by atoms with E-state index in [-0.39, 0.29) is 11.8 Å². The summed E-state index contributed by atoms with van der Waals surface area (Å²) < 4.78 is 0. The standard InChI is InChI=1S/C14H18N2O3/c1-9(13(15)17)8-16-6-2-3-10-7-11(14(18)19)4-5-12(10)16/h4-5,7,9H,2-3,6,8H2,1H3,(H2,15,17)(H,18,19). The molecule has 1 heterocycles. The van der Waals surface area contributed by atoms with Gasteiger partial charge in [0.2, 0.25) is 5.91 Å². The van der Waals surface area contributed by atoms with Gasteiger partial charge in [0.05, 0.1) is 11.5 Å². The monoisotopic (exact) mass is 262 g/mol. The first kappa shape index (κ1) is 13.4. The van der Waals surface area contributed by atoms with Crippen LogP contribution >= 0.6 is 0 Å². The smallest absolute Gasteiger partial charge is 0.335 e. The number of aryl methyl sites for hydroxylation is 1. The third-order valence-corrected chi connectivity index (χ3v) is 3.52. The van der Waals surface area contributed by atoms with Gasteiger partial charge in [0.1, 0.15) is 0 Å². The lowest BCUT2D eigenvalue weighted by atomic mass is 9.98. The lowest BCUT2D eigenvalue weighted by molar-refractivity contribution is -0.121. The Balaban J connectivity index is 2.24. The van der Waals surface area contributed by atoms with Crippen molar-refractivity contribution in [2.24, 2.45) is 11.7 Å². The highest BCUT2D eigenvalue weighted by atomic mass is 16.4. The van der Waals surface area contributed by atoms with Gasteiger partial charge >= 0.3 is 5.97 Å². The van der Waals surface area contributed by atoms with Crippen molar-refractivity contribution in [3.05, 3.63) is 29.3 Å². The van der Waals surface area contributed by atoms with Gasteiger partial charge in [-0.15, -0.1) is 0 Å². The van der Waals surface area contributed by atoms with Gasteiger partial charge in [-0.05, 0) is 36.6 Å². The highest BCUT2D eigenvalue weighted by Gasteiger charge is 2.21. The van der Waals surface area contributed by atoms with E-state index in [4.69, 9.17) is 10.8 Å². The van der Waals surface area contributed by atoms with E-state index in [1.807, 2.05) is 13.0 Å². The van der Waals surface area contributed by atoms with Gasteiger partial charge in [0.15, 0.2) is 0 Å². The average molecular weight is 262 g/mol. The molecule has 19 heavy (non-hydrogen) atoms. The fourth-order valence-electron chi connectivity index (χ4n) is 2.42. The van der Waals surface area contributed by atoms with Crippen molar-refractivity contribution in [1.29, 1.82) is 0 Å². The zero-order valence-corrected chi connectivity index (χ0v) is 10.9. The summed E-state index contributed by atoms with van der Waals surface area (Å²) in [6.45, 7) is 3.26. The number of carbonyl (C=O) groups is 2. The van der Waals surface area contributed by atoms with Crippen LogP contribution in [0.1, 0.15) is 29.3 Å². The summed E-state index contributed by atoms with van der Waals surface area (Å²) in [5.41, 5.74) is 7.65. The summed E-state index contributed by atoms with van der Waals surface area (Å²) >= 11 is 0. The number of carboxylic acids is 1. The molecule has 1 amide bonds. The van der Waals surface area contributed by atoms with Crippen molar-refractivity contribution in [2.75, 3.05) is 18.0 Å². The molecule has 5 nitrogen and oxygen atoms in total. The molecule has 0 aromatic heterocycles. The fourth-order valence-corrected chi connectivity index (χ4v) is 2.42. The Hall–Kier alpha value is -2.04. The van der Waals surface area contributed by atoms with Crippen molar-refractivity contribution in [3.8, 4) is 0 Å². The molecule has 5 heteroatoms. The van der Waals surface area contributed by atoms with E-state index < -0.39 is 5.97 Å². The first-order valence-corrected chi connectivity index (χ1v) is 6.39. The number of hydrogen-bond acceptors (Lipinski definition) is 3. The molecule has 1 aromatic rings. The molecule has 1 aliphatic heterocycles. The third-order valence-electron chi connectivity index (χ3n) is 3.52. The zero-order chi connectivity index (χ0) is 14.0. The van der Waals surface area contributed by atoms with Crippen molar-refractivity contribution in [3.63, 3.8) is 0 Å². The molecule has 0 fully saturated rings. The minimum atomic E-state index is -0.912. The van der Waals surface area contributed by atoms with E-state index in [0.29, 0.717) is 12.1 Å². The largest absolute Gasteiger partial charge is 0.478 e. The van der Waals surface area contributed by atoms with Crippen molar-refractivity contribution in [1.82, 2.24) is 0 Å². The van der Waals surface area contributed by atoms with Crippen molar-refractivity contribution < 1.29 is 14.7 Å². The predicted octanol–water partition coefficient (Wildman–Crippen LogP) is 1.26. The van der Waals surface area contributed by atoms with E-state index in [1.54, 1.807) is 12.1 Å². The number of benzene rings is 1. The van der Waals surface area contributed by atoms with Crippen LogP contribution in [-0.2, 0) is 11.2 Å². The van der Waals surface area contributed by atoms with E-state index >= 15 is 0 Å². The molecule has 2 rings (SSSR count). The number of rotatable bonds is 4. The Bertz CT molecular complexity index is 513. The Morgan fingerprint density at radius 3 is 2.84 bits per heavy atom. The first-order chi connectivity index (χ1) is 8.99. The minimum Gasteiger partial charge on any atom is -0.478 e. The molecule has 0 saturated carbocycles. The number of carboxylic acid groups (broad SMARTS) is 1. The molecule has 0 spiro atoms. The van der Waals surface area contributed by atoms with E-state index in [9.17, 15) is 9.59 Å². The van der Waals surface area contributed by atoms with Gasteiger partial charge < -0.3 is 15.7 Å². The number of nitrogens with two attached hydrogens (primary N) is 1. The molecule has 0 saturated heterocycles. The van der Waals surface area contributed by atoms with Crippen LogP contribution in [0.2, 0.25) is 0 Å². The number of anilines is 1. The van der Waals surface area contributed by atoms with Gasteiger partial charge in [-0.3, -0.25) is 4.79 Å². The van der Waals surface area contributed by atoms with Gasteiger partial charge in [-0.1, -0.05) is 6.92 Å². The maximum absolute atomic E-state index is 11.1. The number of aromatic carboxylic acids is 1. The molecule has 3 N–H and O–H groups in total. The van der Waals surface area contributed by atoms with Crippen LogP contribution in [-0.4, -0.2) is 30.1 Å². The second-order valence-corrected chi connectivity index (χ2v) is 5.00. The summed E-state index contributed by atoms with van der Waals surface area (Å²) in [5.74, 6) is -1.44. The van der Waals surface area contributed by atoms with Crippen molar-refractivity contribution >= 4 is 17.6 Å². The maximum Gasteiger partial charge on any atom is 0.335 e. The van der Waals surface area contributed by atoms with Gasteiger partial charge in [0.25, 0.3) is 0 Å². The zero-order valence-electron chi connectivity index (χ0n) is 10.9. The maximum atomic E-state index is 11.1. The second-order valence-electron chi connectivity index (χ2n) is 5.00. The highest BCUT2D eigenvalue weighted by Crippen LogP contribution is 2.28. The number of fused-ring (bicyclic) bond motifs is 1. The third kappa shape index (κ3) is 2.86. The molecule has 1 aliphatic rings.